The molecule has 2 fully saturated rings. The number of nitrogens with one attached hydrogen (secondary N) is 1. The van der Waals surface area contributed by atoms with E-state index in [9.17, 15) is 23.8 Å². The number of Topliss-reactive ketones (excluding diaryl/α,β-unsaturated/α-hetero) is 1. The number of carbonyl (C=O) groups is 1. The molecule has 0 radical (unpaired) electrons. The Morgan fingerprint density at radius 1 is 1.33 bits per heavy atom. The van der Waals surface area contributed by atoms with Crippen LogP contribution in [-0.4, -0.2) is 62.6 Å². The van der Waals surface area contributed by atoms with Crippen molar-refractivity contribution < 1.29 is 23.8 Å². The predicted molar refractivity (Wildman–Crippen MR) is 164 cm³/mol. The molecule has 1 saturated carbocycles. The van der Waals surface area contributed by atoms with Crippen molar-refractivity contribution in [2.75, 3.05) is 6.54 Å². The van der Waals surface area contributed by atoms with Crippen LogP contribution in [0.15, 0.2) is 70.8 Å². The number of aliphatic hydroxyl groups is 2. The van der Waals surface area contributed by atoms with Gasteiger partial charge in [0, 0.05) is 40.2 Å². The van der Waals surface area contributed by atoms with Gasteiger partial charge in [-0.1, -0.05) is 35.9 Å². The summed E-state index contributed by atoms with van der Waals surface area (Å²) < 4.78 is 27.7. The molecule has 10 heteroatoms. The third-order valence-electron chi connectivity index (χ3n) is 8.58. The Labute approximate surface area is 254 Å². The van der Waals surface area contributed by atoms with Gasteiger partial charge in [-0.2, -0.15) is 0 Å². The molecule has 3 heterocycles. The van der Waals surface area contributed by atoms with Crippen molar-refractivity contribution in [1.29, 1.82) is 5.41 Å². The number of aliphatic imine (C=N–C) groups is 1. The fraction of sp³-hybridized carbons (Fsp3) is 0.469. The van der Waals surface area contributed by atoms with E-state index in [2.05, 4.69) is 17.6 Å². The monoisotopic (exact) mass is 615 g/mol. The molecule has 1 aliphatic carbocycles. The van der Waals surface area contributed by atoms with E-state index in [1.54, 1.807) is 36.1 Å². The van der Waals surface area contributed by atoms with Gasteiger partial charge in [-0.15, -0.1) is 18.3 Å². The molecular weight excluding hydrogens is 580 g/mol. The van der Waals surface area contributed by atoms with Crippen molar-refractivity contribution >= 4 is 40.7 Å². The summed E-state index contributed by atoms with van der Waals surface area (Å²) in [4.78, 5) is 20.9. The minimum absolute atomic E-state index is 0.0251. The molecular formula is C32H36ClF2N3O3S. The van der Waals surface area contributed by atoms with E-state index in [-0.39, 0.29) is 46.9 Å². The average molecular weight is 616 g/mol. The Kier molecular flexibility index (Phi) is 9.52. The average Bonchev–Trinajstić information content (AvgIpc) is 3.69. The number of halogens is 3. The highest BCUT2D eigenvalue weighted by atomic mass is 35.5. The van der Waals surface area contributed by atoms with Crippen LogP contribution in [0, 0.1) is 29.0 Å². The maximum Gasteiger partial charge on any atom is 0.143 e. The zero-order valence-electron chi connectivity index (χ0n) is 23.4. The van der Waals surface area contributed by atoms with Crippen molar-refractivity contribution in [3.63, 3.8) is 0 Å². The molecule has 4 aliphatic rings. The molecule has 1 aromatic rings. The van der Waals surface area contributed by atoms with Gasteiger partial charge >= 0.3 is 0 Å². The lowest BCUT2D eigenvalue weighted by Gasteiger charge is -2.35. The van der Waals surface area contributed by atoms with Gasteiger partial charge in [0.05, 0.1) is 23.2 Å². The van der Waals surface area contributed by atoms with Crippen LogP contribution in [-0.2, 0) is 4.79 Å². The van der Waals surface area contributed by atoms with Gasteiger partial charge in [-0.3, -0.25) is 9.79 Å². The second-order valence-electron chi connectivity index (χ2n) is 11.5. The summed E-state index contributed by atoms with van der Waals surface area (Å²) >= 11 is 8.22. The summed E-state index contributed by atoms with van der Waals surface area (Å²) in [6.07, 6.45) is 5.89. The molecule has 3 N–H and O–H groups in total. The first-order chi connectivity index (χ1) is 20.1. The zero-order valence-corrected chi connectivity index (χ0v) is 25.0. The van der Waals surface area contributed by atoms with E-state index >= 15 is 0 Å². The number of nitrogens with zero attached hydrogens (tertiary/aromatic N) is 2. The molecule has 42 heavy (non-hydrogen) atoms. The molecule has 5 unspecified atom stereocenters. The summed E-state index contributed by atoms with van der Waals surface area (Å²) in [7, 11) is 0. The SMILES string of the molecule is C=C[C@@H](C(=O)C1CC(O)C(O)C1)C1CC2=C(C(=N)/C=C\CC(C)F)[C@H](c3ccc(F)cc3Cl)N=C(C3CC=CS3)N2C1. The largest absolute Gasteiger partial charge is 0.390 e. The lowest BCUT2D eigenvalue weighted by Crippen LogP contribution is -2.40. The number of alkyl halides is 1. The minimum Gasteiger partial charge on any atom is -0.390 e. The summed E-state index contributed by atoms with van der Waals surface area (Å²) in [6.45, 7) is 5.92. The number of aliphatic hydroxyl groups excluding tert-OH is 2. The van der Waals surface area contributed by atoms with Gasteiger partial charge in [0.15, 0.2) is 0 Å². The van der Waals surface area contributed by atoms with E-state index in [1.165, 1.54) is 19.1 Å². The Balaban J connectivity index is 1.57. The van der Waals surface area contributed by atoms with Gasteiger partial charge in [0.2, 0.25) is 0 Å². The molecule has 5 rings (SSSR count). The normalized spacial score (nSPS) is 30.5. The van der Waals surface area contributed by atoms with Crippen molar-refractivity contribution in [1.82, 2.24) is 4.90 Å². The van der Waals surface area contributed by atoms with Crippen molar-refractivity contribution in [2.24, 2.45) is 22.7 Å². The fourth-order valence-corrected chi connectivity index (χ4v) is 7.70. The van der Waals surface area contributed by atoms with E-state index in [0.29, 0.717) is 24.1 Å². The van der Waals surface area contributed by atoms with E-state index in [1.807, 2.05) is 5.41 Å². The van der Waals surface area contributed by atoms with Crippen LogP contribution < -0.4 is 0 Å². The van der Waals surface area contributed by atoms with Crippen LogP contribution in [0.2, 0.25) is 5.02 Å². The smallest absolute Gasteiger partial charge is 0.143 e. The number of amidine groups is 1. The number of ketones is 1. The van der Waals surface area contributed by atoms with Crippen LogP contribution >= 0.6 is 23.4 Å². The number of benzene rings is 1. The quantitative estimate of drug-likeness (QED) is 0.210. The first-order valence-electron chi connectivity index (χ1n) is 14.3. The number of allylic oxidation sites excluding steroid dienone is 5. The summed E-state index contributed by atoms with van der Waals surface area (Å²) in [5, 5.41) is 31.5. The van der Waals surface area contributed by atoms with Gasteiger partial charge in [0.1, 0.15) is 29.6 Å². The molecule has 7 atom stereocenters. The Bertz CT molecular complexity index is 1360. The number of rotatable bonds is 10. The second kappa shape index (κ2) is 13.0. The summed E-state index contributed by atoms with van der Waals surface area (Å²) in [5.41, 5.74) is 2.16. The van der Waals surface area contributed by atoms with E-state index < -0.39 is 42.1 Å². The van der Waals surface area contributed by atoms with Crippen molar-refractivity contribution in [2.45, 2.75) is 68.7 Å². The Hall–Kier alpha value is -2.59. The number of thioether (sulfide) groups is 1. The molecule has 224 valence electrons. The van der Waals surface area contributed by atoms with Gasteiger partial charge in [-0.25, -0.2) is 8.78 Å². The Morgan fingerprint density at radius 3 is 2.69 bits per heavy atom. The summed E-state index contributed by atoms with van der Waals surface area (Å²) in [6, 6.07) is 3.48. The van der Waals surface area contributed by atoms with Crippen molar-refractivity contribution in [3.8, 4) is 0 Å². The highest BCUT2D eigenvalue weighted by molar-refractivity contribution is 8.03. The van der Waals surface area contributed by atoms with Gasteiger partial charge < -0.3 is 20.5 Å². The number of hydrogen-bond acceptors (Lipinski definition) is 7. The number of fused-ring (bicyclic) bond motifs is 1. The minimum atomic E-state index is -1.06. The van der Waals surface area contributed by atoms with Gasteiger partial charge in [0.25, 0.3) is 0 Å². The molecule has 1 saturated heterocycles. The van der Waals surface area contributed by atoms with Crippen molar-refractivity contribution in [3.05, 3.63) is 82.2 Å². The first kappa shape index (κ1) is 30.9. The zero-order chi connectivity index (χ0) is 30.1. The molecule has 1 aromatic carbocycles. The molecule has 6 nitrogen and oxygen atoms in total. The lowest BCUT2D eigenvalue weighted by molar-refractivity contribution is -0.126. The van der Waals surface area contributed by atoms with Crippen LogP contribution in [0.5, 0.6) is 0 Å². The van der Waals surface area contributed by atoms with Crippen LogP contribution in [0.1, 0.15) is 50.6 Å². The third kappa shape index (κ3) is 6.20. The topological polar surface area (TPSA) is 97.0 Å². The molecule has 0 aromatic heterocycles. The van der Waals surface area contributed by atoms with Crippen LogP contribution in [0.4, 0.5) is 8.78 Å². The molecule has 0 bridgehead atoms. The van der Waals surface area contributed by atoms with E-state index in [0.717, 1.165) is 18.0 Å². The maximum absolute atomic E-state index is 14.1. The number of hydrogen-bond donors (Lipinski definition) is 3. The van der Waals surface area contributed by atoms with Gasteiger partial charge in [-0.05, 0) is 68.6 Å². The lowest BCUT2D eigenvalue weighted by atomic mass is 9.81. The van der Waals surface area contributed by atoms with Crippen LogP contribution in [0.3, 0.4) is 0 Å². The highest BCUT2D eigenvalue weighted by Gasteiger charge is 2.46. The highest BCUT2D eigenvalue weighted by Crippen LogP contribution is 2.47. The molecule has 0 amide bonds. The Morgan fingerprint density at radius 2 is 2.07 bits per heavy atom. The standard InChI is InChI=1S/C32H36ClF2N3O3S/c1-3-21(31(41)18-13-26(39)27(40)14-18)19-12-25-29(24(36)7-4-6-17(2)34)30(22-10-9-20(35)15-23(22)33)37-32(38(25)16-19)28-8-5-11-42-28/h3-5,7,9-11,15,17-19,21,26-28,30,36,39-40H,1,6,8,12-14,16H2,2H3/b7-4-,36-24?/t17?,18?,19?,21-,26?,27?,28?,30+/m1/s1. The maximum atomic E-state index is 14.1. The summed E-state index contributed by atoms with van der Waals surface area (Å²) in [5.74, 6) is -0.864. The molecule has 0 spiro atoms. The molecule has 3 aliphatic heterocycles. The second-order valence-corrected chi connectivity index (χ2v) is 13.0. The fourth-order valence-electron chi connectivity index (χ4n) is 6.48. The predicted octanol–water partition coefficient (Wildman–Crippen LogP) is 6.35. The first-order valence-corrected chi connectivity index (χ1v) is 15.7. The number of carbonyl (C=O) groups excluding carboxylic acids is 1. The van der Waals surface area contributed by atoms with E-state index in [4.69, 9.17) is 22.0 Å². The van der Waals surface area contributed by atoms with Crippen LogP contribution in [0.25, 0.3) is 0 Å². The third-order valence-corrected chi connectivity index (χ3v) is 9.99.